The predicted molar refractivity (Wildman–Crippen MR) is 69.1 cm³/mol. The standard InChI is InChI=1S/C9H16N4O2S2/c1-3-4-7(9(10)16)13-17(14,15)8-5-11-6(2)12-8/h5,7,13H,3-4H2,1-2H3,(H2,10,16)(H,11,12). The molecule has 1 rings (SSSR count). The summed E-state index contributed by atoms with van der Waals surface area (Å²) < 4.78 is 26.3. The van der Waals surface area contributed by atoms with Gasteiger partial charge in [-0.25, -0.2) is 13.4 Å². The lowest BCUT2D eigenvalue weighted by Crippen LogP contribution is -2.43. The summed E-state index contributed by atoms with van der Waals surface area (Å²) in [6, 6.07) is -0.524. The third-order valence-corrected chi connectivity index (χ3v) is 3.85. The summed E-state index contributed by atoms with van der Waals surface area (Å²) in [6.07, 6.45) is 2.62. The van der Waals surface area contributed by atoms with Crippen molar-refractivity contribution < 1.29 is 8.42 Å². The van der Waals surface area contributed by atoms with Gasteiger partial charge in [-0.05, 0) is 13.3 Å². The molecule has 6 nitrogen and oxygen atoms in total. The number of H-pyrrole nitrogens is 1. The molecule has 0 radical (unpaired) electrons. The van der Waals surface area contributed by atoms with E-state index in [1.54, 1.807) is 6.92 Å². The van der Waals surface area contributed by atoms with E-state index in [1.165, 1.54) is 6.20 Å². The topological polar surface area (TPSA) is 101 Å². The quantitative estimate of drug-likeness (QED) is 0.655. The van der Waals surface area contributed by atoms with Crippen LogP contribution in [0.4, 0.5) is 0 Å². The molecule has 0 fully saturated rings. The monoisotopic (exact) mass is 276 g/mol. The van der Waals surface area contributed by atoms with Crippen LogP contribution >= 0.6 is 12.2 Å². The highest BCUT2D eigenvalue weighted by Crippen LogP contribution is 2.08. The number of nitrogens with two attached hydrogens (primary N) is 1. The molecule has 1 atom stereocenters. The summed E-state index contributed by atoms with van der Waals surface area (Å²) in [6.45, 7) is 3.61. The van der Waals surface area contributed by atoms with Crippen molar-refractivity contribution in [3.63, 3.8) is 0 Å². The number of aromatic nitrogens is 2. The van der Waals surface area contributed by atoms with Gasteiger partial charge >= 0.3 is 0 Å². The van der Waals surface area contributed by atoms with Crippen LogP contribution in [0.1, 0.15) is 25.6 Å². The van der Waals surface area contributed by atoms with Gasteiger partial charge in [-0.2, -0.15) is 4.72 Å². The minimum atomic E-state index is -3.64. The lowest BCUT2D eigenvalue weighted by molar-refractivity contribution is 0.564. The molecule has 17 heavy (non-hydrogen) atoms. The van der Waals surface area contributed by atoms with Crippen molar-refractivity contribution in [2.75, 3.05) is 0 Å². The van der Waals surface area contributed by atoms with E-state index in [1.807, 2.05) is 6.92 Å². The summed E-state index contributed by atoms with van der Waals surface area (Å²) in [5.41, 5.74) is 5.49. The number of nitrogens with zero attached hydrogens (tertiary/aromatic N) is 1. The molecule has 0 amide bonds. The molecule has 96 valence electrons. The van der Waals surface area contributed by atoms with Crippen LogP contribution in [0.5, 0.6) is 0 Å². The average Bonchev–Trinajstić information content (AvgIpc) is 2.64. The Bertz CT molecular complexity index is 495. The molecule has 0 aliphatic carbocycles. The van der Waals surface area contributed by atoms with Crippen molar-refractivity contribution in [3.05, 3.63) is 12.0 Å². The molecule has 1 aromatic heterocycles. The van der Waals surface area contributed by atoms with Crippen LogP contribution in [0.25, 0.3) is 0 Å². The van der Waals surface area contributed by atoms with Crippen LogP contribution < -0.4 is 10.5 Å². The molecule has 4 N–H and O–H groups in total. The first-order chi connectivity index (χ1) is 7.86. The molecule has 8 heteroatoms. The molecule has 1 unspecified atom stereocenters. The predicted octanol–water partition coefficient (Wildman–Crippen LogP) is 0.451. The van der Waals surface area contributed by atoms with E-state index in [0.717, 1.165) is 6.42 Å². The fraction of sp³-hybridized carbons (Fsp3) is 0.556. The van der Waals surface area contributed by atoms with E-state index in [0.29, 0.717) is 12.2 Å². The van der Waals surface area contributed by atoms with Crippen molar-refractivity contribution in [2.24, 2.45) is 5.73 Å². The van der Waals surface area contributed by atoms with Gasteiger partial charge in [0.05, 0.1) is 17.2 Å². The van der Waals surface area contributed by atoms with E-state index in [9.17, 15) is 8.42 Å². The average molecular weight is 276 g/mol. The zero-order valence-electron chi connectivity index (χ0n) is 9.73. The van der Waals surface area contributed by atoms with Gasteiger partial charge < -0.3 is 10.7 Å². The molecule has 0 saturated heterocycles. The van der Waals surface area contributed by atoms with Crippen LogP contribution in [-0.2, 0) is 10.0 Å². The Morgan fingerprint density at radius 3 is 2.76 bits per heavy atom. The van der Waals surface area contributed by atoms with Gasteiger partial charge in [-0.15, -0.1) is 0 Å². The van der Waals surface area contributed by atoms with E-state index in [2.05, 4.69) is 14.7 Å². The van der Waals surface area contributed by atoms with Crippen molar-refractivity contribution in [1.29, 1.82) is 0 Å². The second-order valence-corrected chi connectivity index (χ2v) is 5.85. The Kier molecular flexibility index (Phi) is 4.61. The number of sulfonamides is 1. The number of aromatic amines is 1. The molecule has 1 aromatic rings. The van der Waals surface area contributed by atoms with Crippen LogP contribution in [-0.4, -0.2) is 29.4 Å². The molecule has 0 aliphatic rings. The van der Waals surface area contributed by atoms with Crippen molar-refractivity contribution >= 4 is 27.2 Å². The van der Waals surface area contributed by atoms with Crippen LogP contribution in [0, 0.1) is 6.92 Å². The number of hydrogen-bond donors (Lipinski definition) is 3. The van der Waals surface area contributed by atoms with Crippen molar-refractivity contribution in [2.45, 2.75) is 37.8 Å². The van der Waals surface area contributed by atoms with Gasteiger partial charge in [0.15, 0.2) is 5.03 Å². The molecule has 0 bridgehead atoms. The molecule has 0 aliphatic heterocycles. The Morgan fingerprint density at radius 1 is 1.71 bits per heavy atom. The van der Waals surface area contributed by atoms with Crippen LogP contribution in [0.15, 0.2) is 11.2 Å². The fourth-order valence-electron chi connectivity index (χ4n) is 1.33. The zero-order chi connectivity index (χ0) is 13.1. The number of rotatable bonds is 6. The first kappa shape index (κ1) is 14.1. The second kappa shape index (κ2) is 5.56. The molecule has 0 aromatic carbocycles. The Morgan fingerprint density at radius 2 is 2.35 bits per heavy atom. The molecular formula is C9H16N4O2S2. The maximum absolute atomic E-state index is 11.9. The first-order valence-corrected chi connectivity index (χ1v) is 7.09. The van der Waals surface area contributed by atoms with Gasteiger partial charge in [0.2, 0.25) is 0 Å². The number of hydrogen-bond acceptors (Lipinski definition) is 4. The highest BCUT2D eigenvalue weighted by Gasteiger charge is 2.22. The summed E-state index contributed by atoms with van der Waals surface area (Å²) in [4.78, 5) is 6.64. The Hall–Kier alpha value is -0.990. The van der Waals surface area contributed by atoms with E-state index >= 15 is 0 Å². The van der Waals surface area contributed by atoms with Gasteiger partial charge in [0.1, 0.15) is 5.82 Å². The third kappa shape index (κ3) is 3.76. The highest BCUT2D eigenvalue weighted by atomic mass is 32.2. The highest BCUT2D eigenvalue weighted by molar-refractivity contribution is 7.89. The number of imidazole rings is 1. The largest absolute Gasteiger partial charge is 0.392 e. The fourth-order valence-corrected chi connectivity index (χ4v) is 2.80. The molecule has 0 saturated carbocycles. The van der Waals surface area contributed by atoms with Crippen molar-refractivity contribution in [1.82, 2.24) is 14.7 Å². The van der Waals surface area contributed by atoms with E-state index in [4.69, 9.17) is 18.0 Å². The summed E-state index contributed by atoms with van der Waals surface area (Å²) in [7, 11) is -3.64. The van der Waals surface area contributed by atoms with Crippen LogP contribution in [0.3, 0.4) is 0 Å². The minimum absolute atomic E-state index is 0.0207. The van der Waals surface area contributed by atoms with Gasteiger partial charge in [-0.3, -0.25) is 0 Å². The SMILES string of the molecule is CCCC(NS(=O)(=O)c1cnc(C)[nH]1)C(N)=S. The van der Waals surface area contributed by atoms with Gasteiger partial charge in [0.25, 0.3) is 10.0 Å². The Labute approximate surface area is 106 Å². The van der Waals surface area contributed by atoms with Gasteiger partial charge in [0, 0.05) is 0 Å². The third-order valence-electron chi connectivity index (χ3n) is 2.19. The van der Waals surface area contributed by atoms with E-state index in [-0.39, 0.29) is 10.0 Å². The summed E-state index contributed by atoms with van der Waals surface area (Å²) >= 11 is 4.83. The maximum atomic E-state index is 11.9. The maximum Gasteiger partial charge on any atom is 0.258 e. The zero-order valence-corrected chi connectivity index (χ0v) is 11.4. The first-order valence-electron chi connectivity index (χ1n) is 5.20. The minimum Gasteiger partial charge on any atom is -0.392 e. The Balaban J connectivity index is 2.88. The second-order valence-electron chi connectivity index (χ2n) is 3.70. The number of aryl methyl sites for hydroxylation is 1. The summed E-state index contributed by atoms with van der Waals surface area (Å²) in [5, 5.41) is 0.0207. The number of thiocarbonyl (C=S) groups is 1. The summed E-state index contributed by atoms with van der Waals surface area (Å²) in [5.74, 6) is 0.535. The normalized spacial score (nSPS) is 13.5. The van der Waals surface area contributed by atoms with Crippen LogP contribution in [0.2, 0.25) is 0 Å². The van der Waals surface area contributed by atoms with Gasteiger partial charge in [-0.1, -0.05) is 25.6 Å². The lowest BCUT2D eigenvalue weighted by Gasteiger charge is -2.15. The lowest BCUT2D eigenvalue weighted by atomic mass is 10.2. The molecule has 1 heterocycles. The molecular weight excluding hydrogens is 260 g/mol. The molecule has 0 spiro atoms. The smallest absolute Gasteiger partial charge is 0.258 e. The van der Waals surface area contributed by atoms with E-state index < -0.39 is 16.1 Å². The van der Waals surface area contributed by atoms with Crippen molar-refractivity contribution in [3.8, 4) is 0 Å². The number of nitrogens with one attached hydrogen (secondary N) is 2.